The molecule has 0 saturated heterocycles. The normalized spacial score (nSPS) is 22.6. The van der Waals surface area contributed by atoms with Crippen molar-refractivity contribution < 1.29 is 5.11 Å². The molecular weight excluding hydrogens is 252 g/mol. The van der Waals surface area contributed by atoms with E-state index in [9.17, 15) is 5.11 Å². The van der Waals surface area contributed by atoms with Gasteiger partial charge in [-0.1, -0.05) is 13.3 Å². The molecule has 2 rings (SSSR count). The van der Waals surface area contributed by atoms with Crippen LogP contribution in [0.25, 0.3) is 0 Å². The van der Waals surface area contributed by atoms with E-state index in [1.807, 2.05) is 6.92 Å². The first-order chi connectivity index (χ1) is 9.70. The maximum Gasteiger partial charge on any atom is 0.134 e. The lowest BCUT2D eigenvalue weighted by Gasteiger charge is -2.26. The fraction of sp³-hybridized carbons (Fsp3) is 0.733. The molecule has 20 heavy (non-hydrogen) atoms. The third-order valence-electron chi connectivity index (χ3n) is 3.94. The van der Waals surface area contributed by atoms with Crippen molar-refractivity contribution in [3.63, 3.8) is 0 Å². The topological polar surface area (TPSA) is 70.1 Å². The van der Waals surface area contributed by atoms with Gasteiger partial charge in [-0.2, -0.15) is 0 Å². The van der Waals surface area contributed by atoms with Crippen LogP contribution in [0, 0.1) is 12.8 Å². The molecule has 0 aliphatic heterocycles. The first kappa shape index (κ1) is 15.0. The number of rotatable bonds is 6. The third kappa shape index (κ3) is 4.07. The number of aliphatic hydroxyl groups is 1. The Morgan fingerprint density at radius 3 is 2.70 bits per heavy atom. The van der Waals surface area contributed by atoms with Gasteiger partial charge in [-0.15, -0.1) is 0 Å². The molecule has 0 radical (unpaired) electrons. The van der Waals surface area contributed by atoms with Gasteiger partial charge in [0.15, 0.2) is 0 Å². The van der Waals surface area contributed by atoms with Crippen molar-refractivity contribution in [2.24, 2.45) is 5.92 Å². The summed E-state index contributed by atoms with van der Waals surface area (Å²) >= 11 is 0. The van der Waals surface area contributed by atoms with Crippen LogP contribution in [0.2, 0.25) is 0 Å². The summed E-state index contributed by atoms with van der Waals surface area (Å²) in [5.74, 6) is 2.35. The first-order valence-corrected chi connectivity index (χ1v) is 7.68. The van der Waals surface area contributed by atoms with Crippen molar-refractivity contribution in [3.8, 4) is 0 Å². The minimum atomic E-state index is -0.121. The molecule has 1 aromatic heterocycles. The predicted octanol–water partition coefficient (Wildman–Crippen LogP) is 2.57. The number of nitrogens with one attached hydrogen (secondary N) is 2. The van der Waals surface area contributed by atoms with E-state index < -0.39 is 0 Å². The van der Waals surface area contributed by atoms with Crippen molar-refractivity contribution in [1.29, 1.82) is 0 Å². The second-order valence-corrected chi connectivity index (χ2v) is 5.69. The highest BCUT2D eigenvalue weighted by Gasteiger charge is 2.20. The van der Waals surface area contributed by atoms with Crippen LogP contribution in [-0.4, -0.2) is 34.3 Å². The summed E-state index contributed by atoms with van der Waals surface area (Å²) in [5.41, 5.74) is 1.07. The van der Waals surface area contributed by atoms with Crippen molar-refractivity contribution in [3.05, 3.63) is 11.9 Å². The van der Waals surface area contributed by atoms with Gasteiger partial charge in [-0.05, 0) is 38.5 Å². The Balaban J connectivity index is 1.91. The Hall–Kier alpha value is -1.36. The molecule has 0 aromatic carbocycles. The van der Waals surface area contributed by atoms with E-state index in [1.54, 1.807) is 6.33 Å². The predicted molar refractivity (Wildman–Crippen MR) is 82.0 cm³/mol. The zero-order chi connectivity index (χ0) is 14.4. The lowest BCUT2D eigenvalue weighted by Crippen LogP contribution is -2.25. The lowest BCUT2D eigenvalue weighted by molar-refractivity contribution is 0.104. The Morgan fingerprint density at radius 1 is 1.25 bits per heavy atom. The molecule has 0 spiro atoms. The molecule has 0 bridgehead atoms. The van der Waals surface area contributed by atoms with Crippen LogP contribution in [-0.2, 0) is 0 Å². The van der Waals surface area contributed by atoms with Crippen LogP contribution in [0.5, 0.6) is 0 Å². The molecule has 1 aliphatic rings. The molecule has 1 aliphatic carbocycles. The van der Waals surface area contributed by atoms with E-state index in [0.29, 0.717) is 5.92 Å². The molecule has 2 unspecified atom stereocenters. The number of anilines is 2. The van der Waals surface area contributed by atoms with Crippen LogP contribution >= 0.6 is 0 Å². The summed E-state index contributed by atoms with van der Waals surface area (Å²) in [7, 11) is 0. The molecule has 1 saturated carbocycles. The van der Waals surface area contributed by atoms with E-state index >= 15 is 0 Å². The number of nitrogens with zero attached hydrogens (tertiary/aromatic N) is 2. The molecule has 5 nitrogen and oxygen atoms in total. The average molecular weight is 278 g/mol. The zero-order valence-corrected chi connectivity index (χ0v) is 12.5. The minimum Gasteiger partial charge on any atom is -0.393 e. The average Bonchev–Trinajstić information content (AvgIpc) is 2.45. The maximum absolute atomic E-state index is 9.71. The van der Waals surface area contributed by atoms with E-state index in [1.165, 1.54) is 6.42 Å². The molecule has 3 N–H and O–H groups in total. The summed E-state index contributed by atoms with van der Waals surface area (Å²) in [6, 6.07) is 0. The van der Waals surface area contributed by atoms with Gasteiger partial charge in [0.05, 0.1) is 6.10 Å². The van der Waals surface area contributed by atoms with Gasteiger partial charge in [0.25, 0.3) is 0 Å². The SMILES string of the molecule is CCCNc1ncnc(NCC2CCCC(O)C2)c1C. The van der Waals surface area contributed by atoms with Gasteiger partial charge >= 0.3 is 0 Å². The molecule has 1 fully saturated rings. The summed E-state index contributed by atoms with van der Waals surface area (Å²) in [6.07, 6.45) is 6.72. The van der Waals surface area contributed by atoms with Crippen molar-refractivity contribution >= 4 is 11.6 Å². The van der Waals surface area contributed by atoms with Crippen LogP contribution in [0.1, 0.15) is 44.6 Å². The second kappa shape index (κ2) is 7.43. The van der Waals surface area contributed by atoms with Crippen molar-refractivity contribution in [1.82, 2.24) is 9.97 Å². The van der Waals surface area contributed by atoms with E-state index in [4.69, 9.17) is 0 Å². The van der Waals surface area contributed by atoms with Gasteiger partial charge in [-0.3, -0.25) is 0 Å². The number of hydrogen-bond donors (Lipinski definition) is 3. The number of hydrogen-bond acceptors (Lipinski definition) is 5. The molecule has 5 heteroatoms. The Labute approximate surface area is 121 Å². The first-order valence-electron chi connectivity index (χ1n) is 7.68. The fourth-order valence-electron chi connectivity index (χ4n) is 2.74. The lowest BCUT2D eigenvalue weighted by atomic mass is 9.87. The molecule has 1 aromatic rings. The highest BCUT2D eigenvalue weighted by Crippen LogP contribution is 2.25. The molecule has 2 atom stereocenters. The number of aromatic nitrogens is 2. The highest BCUT2D eigenvalue weighted by atomic mass is 16.3. The monoisotopic (exact) mass is 278 g/mol. The zero-order valence-electron chi connectivity index (χ0n) is 12.5. The summed E-state index contributed by atoms with van der Waals surface area (Å²) in [4.78, 5) is 8.61. The van der Waals surface area contributed by atoms with E-state index in [0.717, 1.165) is 56.0 Å². The van der Waals surface area contributed by atoms with Gasteiger partial charge in [0.2, 0.25) is 0 Å². The Morgan fingerprint density at radius 2 is 2.00 bits per heavy atom. The van der Waals surface area contributed by atoms with Crippen molar-refractivity contribution in [2.45, 2.75) is 52.1 Å². The van der Waals surface area contributed by atoms with Crippen LogP contribution < -0.4 is 10.6 Å². The quantitative estimate of drug-likeness (QED) is 0.746. The Bertz CT molecular complexity index is 424. The summed E-state index contributed by atoms with van der Waals surface area (Å²) in [6.45, 7) is 5.97. The molecule has 112 valence electrons. The van der Waals surface area contributed by atoms with E-state index in [2.05, 4.69) is 27.5 Å². The molecule has 0 amide bonds. The van der Waals surface area contributed by atoms with Crippen LogP contribution in [0.3, 0.4) is 0 Å². The largest absolute Gasteiger partial charge is 0.393 e. The van der Waals surface area contributed by atoms with Gasteiger partial charge < -0.3 is 15.7 Å². The van der Waals surface area contributed by atoms with Gasteiger partial charge in [-0.25, -0.2) is 9.97 Å². The minimum absolute atomic E-state index is 0.121. The molecular formula is C15H26N4O. The number of aliphatic hydroxyl groups excluding tert-OH is 1. The van der Waals surface area contributed by atoms with Crippen LogP contribution in [0.4, 0.5) is 11.6 Å². The Kier molecular flexibility index (Phi) is 5.59. The van der Waals surface area contributed by atoms with Crippen LogP contribution in [0.15, 0.2) is 6.33 Å². The summed E-state index contributed by atoms with van der Waals surface area (Å²) < 4.78 is 0. The van der Waals surface area contributed by atoms with Gasteiger partial charge in [0, 0.05) is 18.7 Å². The third-order valence-corrected chi connectivity index (χ3v) is 3.94. The van der Waals surface area contributed by atoms with E-state index in [-0.39, 0.29) is 6.10 Å². The fourth-order valence-corrected chi connectivity index (χ4v) is 2.74. The van der Waals surface area contributed by atoms with Crippen molar-refractivity contribution in [2.75, 3.05) is 23.7 Å². The van der Waals surface area contributed by atoms with Gasteiger partial charge in [0.1, 0.15) is 18.0 Å². The standard InChI is InChI=1S/C15H26N4O/c1-3-7-16-14-11(2)15(19-10-18-14)17-9-12-5-4-6-13(20)8-12/h10,12-13,20H,3-9H2,1-2H3,(H2,16,17,18,19). The molecule has 1 heterocycles. The second-order valence-electron chi connectivity index (χ2n) is 5.69. The highest BCUT2D eigenvalue weighted by molar-refractivity contribution is 5.56. The smallest absolute Gasteiger partial charge is 0.134 e. The summed E-state index contributed by atoms with van der Waals surface area (Å²) in [5, 5.41) is 16.4. The maximum atomic E-state index is 9.71.